The van der Waals surface area contributed by atoms with Gasteiger partial charge in [-0.2, -0.15) is 0 Å². The minimum Gasteiger partial charge on any atom is -0.280 e. The number of thiophene rings is 1. The number of anilines is 1. The molecule has 0 aliphatic heterocycles. The topological polar surface area (TPSA) is 104 Å². The first-order valence-electron chi connectivity index (χ1n) is 8.19. The van der Waals surface area contributed by atoms with Gasteiger partial charge in [0.15, 0.2) is 0 Å². The lowest BCUT2D eigenvalue weighted by Gasteiger charge is -2.10. The predicted octanol–water partition coefficient (Wildman–Crippen LogP) is 2.93. The minimum absolute atomic E-state index is 0.0206. The third-order valence-electron chi connectivity index (χ3n) is 3.77. The highest BCUT2D eigenvalue weighted by Crippen LogP contribution is 2.17. The second kappa shape index (κ2) is 8.24. The second-order valence-corrected chi connectivity index (χ2v) is 8.51. The fourth-order valence-corrected chi connectivity index (χ4v) is 3.95. The van der Waals surface area contributed by atoms with Crippen molar-refractivity contribution < 1.29 is 18.0 Å². The maximum atomic E-state index is 12.4. The van der Waals surface area contributed by atoms with E-state index in [0.29, 0.717) is 10.6 Å². The summed E-state index contributed by atoms with van der Waals surface area (Å²) in [5, 5.41) is 1.75. The highest BCUT2D eigenvalue weighted by atomic mass is 32.2. The van der Waals surface area contributed by atoms with Crippen LogP contribution in [0.3, 0.4) is 0 Å². The molecular formula is C19H17N3O4S2. The lowest BCUT2D eigenvalue weighted by Crippen LogP contribution is -2.41. The molecule has 1 aromatic heterocycles. The quantitative estimate of drug-likeness (QED) is 0.557. The Morgan fingerprint density at radius 1 is 0.857 bits per heavy atom. The van der Waals surface area contributed by atoms with Crippen LogP contribution in [0.2, 0.25) is 0 Å². The van der Waals surface area contributed by atoms with E-state index in [4.69, 9.17) is 0 Å². The van der Waals surface area contributed by atoms with E-state index >= 15 is 0 Å². The van der Waals surface area contributed by atoms with E-state index in [1.54, 1.807) is 41.8 Å². The Labute approximate surface area is 166 Å². The van der Waals surface area contributed by atoms with E-state index in [1.165, 1.54) is 35.6 Å². The van der Waals surface area contributed by atoms with E-state index in [9.17, 15) is 18.0 Å². The Morgan fingerprint density at radius 2 is 1.50 bits per heavy atom. The molecule has 0 saturated heterocycles. The van der Waals surface area contributed by atoms with Gasteiger partial charge in [-0.05, 0) is 54.8 Å². The van der Waals surface area contributed by atoms with Gasteiger partial charge < -0.3 is 0 Å². The summed E-state index contributed by atoms with van der Waals surface area (Å²) >= 11 is 1.25. The molecule has 0 fully saturated rings. The van der Waals surface area contributed by atoms with Gasteiger partial charge in [-0.1, -0.05) is 23.8 Å². The summed E-state index contributed by atoms with van der Waals surface area (Å²) in [5.74, 6) is -0.981. The van der Waals surface area contributed by atoms with Gasteiger partial charge in [0.25, 0.3) is 21.8 Å². The fraction of sp³-hybridized carbons (Fsp3) is 0.0526. The van der Waals surface area contributed by atoms with Gasteiger partial charge >= 0.3 is 0 Å². The smallest absolute Gasteiger partial charge is 0.279 e. The highest BCUT2D eigenvalue weighted by Gasteiger charge is 2.16. The molecule has 0 spiro atoms. The lowest BCUT2D eigenvalue weighted by molar-refractivity contribution is 0.0849. The number of hydrazine groups is 1. The van der Waals surface area contributed by atoms with Gasteiger partial charge in [0, 0.05) is 11.3 Å². The number of amides is 2. The number of sulfonamides is 1. The number of carbonyl (C=O) groups excluding carboxylic acids is 2. The zero-order valence-corrected chi connectivity index (χ0v) is 16.4. The average Bonchev–Trinajstić information content (AvgIpc) is 3.22. The molecule has 1 heterocycles. The van der Waals surface area contributed by atoms with Gasteiger partial charge in [-0.25, -0.2) is 8.42 Å². The Bertz CT molecular complexity index is 1080. The zero-order valence-electron chi connectivity index (χ0n) is 14.8. The summed E-state index contributed by atoms with van der Waals surface area (Å²) in [5.41, 5.74) is 6.28. The number of hydrogen-bond donors (Lipinski definition) is 3. The number of carbonyl (C=O) groups is 2. The minimum atomic E-state index is -3.77. The van der Waals surface area contributed by atoms with Crippen LogP contribution in [0.15, 0.2) is 70.9 Å². The van der Waals surface area contributed by atoms with Crippen molar-refractivity contribution in [1.82, 2.24) is 10.9 Å². The number of aryl methyl sites for hydroxylation is 1. The zero-order chi connectivity index (χ0) is 20.1. The molecule has 0 unspecified atom stereocenters. The molecule has 2 aromatic carbocycles. The largest absolute Gasteiger partial charge is 0.280 e. The maximum absolute atomic E-state index is 12.4. The number of nitrogens with one attached hydrogen (secondary N) is 3. The van der Waals surface area contributed by atoms with E-state index < -0.39 is 21.8 Å². The van der Waals surface area contributed by atoms with Crippen molar-refractivity contribution >= 4 is 38.9 Å². The predicted molar refractivity (Wildman–Crippen MR) is 108 cm³/mol. The van der Waals surface area contributed by atoms with Crippen molar-refractivity contribution in [2.75, 3.05) is 4.72 Å². The molecular weight excluding hydrogens is 398 g/mol. The SMILES string of the molecule is Cc1ccc(NS(=O)(=O)c2ccc(C(=O)NNC(=O)c3cccs3)cc2)cc1. The fourth-order valence-electron chi connectivity index (χ4n) is 2.28. The molecule has 9 heteroatoms. The summed E-state index contributed by atoms with van der Waals surface area (Å²) in [6.07, 6.45) is 0. The Balaban J connectivity index is 1.64. The summed E-state index contributed by atoms with van der Waals surface area (Å²) in [6, 6.07) is 15.7. The number of hydrogen-bond acceptors (Lipinski definition) is 5. The summed E-state index contributed by atoms with van der Waals surface area (Å²) < 4.78 is 27.4. The van der Waals surface area contributed by atoms with Gasteiger partial charge in [0.05, 0.1) is 9.77 Å². The Kier molecular flexibility index (Phi) is 5.76. The van der Waals surface area contributed by atoms with E-state index in [1.807, 2.05) is 6.92 Å². The Hall–Kier alpha value is -3.17. The summed E-state index contributed by atoms with van der Waals surface area (Å²) in [7, 11) is -3.77. The molecule has 0 radical (unpaired) electrons. The van der Waals surface area contributed by atoms with E-state index in [2.05, 4.69) is 15.6 Å². The molecule has 3 N–H and O–H groups in total. The van der Waals surface area contributed by atoms with Crippen LogP contribution in [0.4, 0.5) is 5.69 Å². The van der Waals surface area contributed by atoms with E-state index in [-0.39, 0.29) is 10.5 Å². The molecule has 28 heavy (non-hydrogen) atoms. The normalized spacial score (nSPS) is 10.9. The van der Waals surface area contributed by atoms with Crippen molar-refractivity contribution in [3.63, 3.8) is 0 Å². The van der Waals surface area contributed by atoms with Gasteiger partial charge in [0.1, 0.15) is 0 Å². The van der Waals surface area contributed by atoms with Crippen LogP contribution in [0.5, 0.6) is 0 Å². The summed E-state index contributed by atoms with van der Waals surface area (Å²) in [4.78, 5) is 24.4. The second-order valence-electron chi connectivity index (χ2n) is 5.88. The van der Waals surface area contributed by atoms with Gasteiger partial charge in [0.2, 0.25) is 0 Å². The molecule has 0 aliphatic rings. The molecule has 144 valence electrons. The van der Waals surface area contributed by atoms with Crippen LogP contribution in [0.25, 0.3) is 0 Å². The van der Waals surface area contributed by atoms with Crippen molar-refractivity contribution in [3.05, 3.63) is 82.0 Å². The third kappa shape index (κ3) is 4.76. The van der Waals surface area contributed by atoms with Gasteiger partial charge in [-0.15, -0.1) is 11.3 Å². The molecule has 3 rings (SSSR count). The molecule has 0 atom stereocenters. The van der Waals surface area contributed by atoms with Crippen molar-refractivity contribution in [3.8, 4) is 0 Å². The summed E-state index contributed by atoms with van der Waals surface area (Å²) in [6.45, 7) is 1.91. The molecule has 2 amide bonds. The lowest BCUT2D eigenvalue weighted by atomic mass is 10.2. The van der Waals surface area contributed by atoms with Crippen LogP contribution in [-0.2, 0) is 10.0 Å². The first-order chi connectivity index (χ1) is 13.3. The van der Waals surface area contributed by atoms with Crippen LogP contribution in [0.1, 0.15) is 25.6 Å². The third-order valence-corrected chi connectivity index (χ3v) is 6.03. The van der Waals surface area contributed by atoms with Crippen LogP contribution >= 0.6 is 11.3 Å². The Morgan fingerprint density at radius 3 is 2.11 bits per heavy atom. The maximum Gasteiger partial charge on any atom is 0.279 e. The van der Waals surface area contributed by atoms with Crippen LogP contribution in [-0.4, -0.2) is 20.2 Å². The van der Waals surface area contributed by atoms with Crippen LogP contribution < -0.4 is 15.6 Å². The monoisotopic (exact) mass is 415 g/mol. The van der Waals surface area contributed by atoms with Gasteiger partial charge in [-0.3, -0.25) is 25.2 Å². The number of benzene rings is 2. The van der Waals surface area contributed by atoms with Crippen molar-refractivity contribution in [1.29, 1.82) is 0 Å². The first kappa shape index (κ1) is 19.6. The average molecular weight is 415 g/mol. The van der Waals surface area contributed by atoms with Crippen molar-refractivity contribution in [2.24, 2.45) is 0 Å². The molecule has 7 nitrogen and oxygen atoms in total. The molecule has 0 saturated carbocycles. The highest BCUT2D eigenvalue weighted by molar-refractivity contribution is 7.92. The first-order valence-corrected chi connectivity index (χ1v) is 10.6. The molecule has 0 aliphatic carbocycles. The standard InChI is InChI=1S/C19H17N3O4S2/c1-13-4-8-15(9-5-13)22-28(25,26)16-10-6-14(7-11-16)18(23)20-21-19(24)17-3-2-12-27-17/h2-12,22H,1H3,(H,20,23)(H,21,24). The number of rotatable bonds is 5. The molecule has 0 bridgehead atoms. The molecule has 3 aromatic rings. The van der Waals surface area contributed by atoms with Crippen LogP contribution in [0, 0.1) is 6.92 Å². The van der Waals surface area contributed by atoms with E-state index in [0.717, 1.165) is 5.56 Å². The van der Waals surface area contributed by atoms with Crippen molar-refractivity contribution in [2.45, 2.75) is 11.8 Å².